The van der Waals surface area contributed by atoms with E-state index in [9.17, 15) is 4.39 Å². The third-order valence-electron chi connectivity index (χ3n) is 5.00. The van der Waals surface area contributed by atoms with E-state index < -0.39 is 0 Å². The number of anilines is 1. The van der Waals surface area contributed by atoms with Crippen LogP contribution in [0.2, 0.25) is 0 Å². The maximum atomic E-state index is 14.0. The summed E-state index contributed by atoms with van der Waals surface area (Å²) >= 11 is 0. The predicted octanol–water partition coefficient (Wildman–Crippen LogP) is 5.11. The second-order valence-corrected chi connectivity index (χ2v) is 7.54. The molecular formula is C25H28FIN4O2. The molecule has 0 unspecified atom stereocenters. The second-order valence-electron chi connectivity index (χ2n) is 7.54. The van der Waals surface area contributed by atoms with E-state index in [-0.39, 0.29) is 29.8 Å². The molecule has 0 spiro atoms. The molecule has 0 saturated carbocycles. The Morgan fingerprint density at radius 1 is 1.03 bits per heavy atom. The lowest BCUT2D eigenvalue weighted by molar-refractivity contribution is 0.297. The first kappa shape index (κ1) is 24.8. The van der Waals surface area contributed by atoms with Crippen molar-refractivity contribution in [3.63, 3.8) is 0 Å². The van der Waals surface area contributed by atoms with Crippen LogP contribution in [0.5, 0.6) is 11.5 Å². The van der Waals surface area contributed by atoms with Crippen molar-refractivity contribution in [1.29, 1.82) is 0 Å². The van der Waals surface area contributed by atoms with E-state index >= 15 is 0 Å². The molecule has 0 fully saturated rings. The van der Waals surface area contributed by atoms with Gasteiger partial charge in [-0.3, -0.25) is 4.98 Å². The minimum atomic E-state index is -0.201. The molecule has 0 radical (unpaired) electrons. The van der Waals surface area contributed by atoms with Crippen molar-refractivity contribution < 1.29 is 13.9 Å². The van der Waals surface area contributed by atoms with Crippen LogP contribution in [0.3, 0.4) is 0 Å². The van der Waals surface area contributed by atoms with Crippen LogP contribution >= 0.6 is 24.0 Å². The summed E-state index contributed by atoms with van der Waals surface area (Å²) in [4.78, 5) is 9.19. The number of rotatable bonds is 6. The Hall–Kier alpha value is -2.88. The van der Waals surface area contributed by atoms with Gasteiger partial charge in [0, 0.05) is 30.4 Å². The van der Waals surface area contributed by atoms with Crippen LogP contribution in [0.4, 0.5) is 10.1 Å². The SMILES string of the molecule is Cc1cccc(CN=C(NCCc2ccccc2F)Nc2ccc3c(c2)OCCCO3)n1.I. The molecule has 8 heteroatoms. The molecule has 174 valence electrons. The summed E-state index contributed by atoms with van der Waals surface area (Å²) in [5, 5.41) is 6.61. The Bertz CT molecular complexity index is 1090. The molecule has 33 heavy (non-hydrogen) atoms. The van der Waals surface area contributed by atoms with E-state index in [0.29, 0.717) is 50.0 Å². The first-order valence-corrected chi connectivity index (χ1v) is 10.8. The topological polar surface area (TPSA) is 67.8 Å². The maximum Gasteiger partial charge on any atom is 0.196 e. The van der Waals surface area contributed by atoms with Crippen molar-refractivity contribution in [2.24, 2.45) is 4.99 Å². The number of nitrogens with one attached hydrogen (secondary N) is 2. The molecule has 1 aromatic heterocycles. The number of pyridine rings is 1. The molecule has 0 amide bonds. The van der Waals surface area contributed by atoms with Crippen molar-refractivity contribution in [3.05, 3.63) is 83.4 Å². The van der Waals surface area contributed by atoms with Crippen molar-refractivity contribution in [3.8, 4) is 11.5 Å². The number of guanidine groups is 1. The molecule has 0 bridgehead atoms. The number of aryl methyl sites for hydroxylation is 1. The third kappa shape index (κ3) is 7.31. The molecule has 1 aliphatic rings. The van der Waals surface area contributed by atoms with Gasteiger partial charge in [-0.25, -0.2) is 9.38 Å². The number of aliphatic imine (C=N–C) groups is 1. The fraction of sp³-hybridized carbons (Fsp3) is 0.280. The molecule has 1 aliphatic heterocycles. The number of nitrogens with zero attached hydrogens (tertiary/aromatic N) is 2. The summed E-state index contributed by atoms with van der Waals surface area (Å²) < 4.78 is 25.4. The normalized spacial score (nSPS) is 13.0. The van der Waals surface area contributed by atoms with Crippen LogP contribution < -0.4 is 20.1 Å². The smallest absolute Gasteiger partial charge is 0.196 e. The van der Waals surface area contributed by atoms with Crippen LogP contribution in [-0.4, -0.2) is 30.7 Å². The van der Waals surface area contributed by atoms with Crippen molar-refractivity contribution in [1.82, 2.24) is 10.3 Å². The fourth-order valence-electron chi connectivity index (χ4n) is 3.38. The monoisotopic (exact) mass is 562 g/mol. The molecule has 2 heterocycles. The molecule has 6 nitrogen and oxygen atoms in total. The molecular weight excluding hydrogens is 534 g/mol. The van der Waals surface area contributed by atoms with E-state index in [1.807, 2.05) is 49.4 Å². The zero-order valence-electron chi connectivity index (χ0n) is 18.5. The largest absolute Gasteiger partial charge is 0.490 e. The van der Waals surface area contributed by atoms with Gasteiger partial charge in [0.25, 0.3) is 0 Å². The highest BCUT2D eigenvalue weighted by atomic mass is 127. The molecule has 4 rings (SSSR count). The van der Waals surface area contributed by atoms with Crippen LogP contribution in [0.1, 0.15) is 23.4 Å². The van der Waals surface area contributed by atoms with Gasteiger partial charge < -0.3 is 20.1 Å². The van der Waals surface area contributed by atoms with Crippen molar-refractivity contribution in [2.45, 2.75) is 26.3 Å². The van der Waals surface area contributed by atoms with Gasteiger partial charge in [0.15, 0.2) is 17.5 Å². The predicted molar refractivity (Wildman–Crippen MR) is 139 cm³/mol. The first-order valence-electron chi connectivity index (χ1n) is 10.8. The third-order valence-corrected chi connectivity index (χ3v) is 5.00. The van der Waals surface area contributed by atoms with Crippen molar-refractivity contribution in [2.75, 3.05) is 25.1 Å². The summed E-state index contributed by atoms with van der Waals surface area (Å²) in [6, 6.07) is 18.4. The van der Waals surface area contributed by atoms with Gasteiger partial charge in [-0.05, 0) is 49.2 Å². The molecule has 2 N–H and O–H groups in total. The van der Waals surface area contributed by atoms with Crippen LogP contribution in [0.15, 0.2) is 65.7 Å². The Balaban J connectivity index is 0.00000306. The van der Waals surface area contributed by atoms with E-state index in [4.69, 9.17) is 9.47 Å². The minimum absolute atomic E-state index is 0. The highest BCUT2D eigenvalue weighted by Crippen LogP contribution is 2.32. The van der Waals surface area contributed by atoms with Gasteiger partial charge in [-0.1, -0.05) is 24.3 Å². The Kier molecular flexibility index (Phi) is 9.29. The molecule has 0 aliphatic carbocycles. The van der Waals surface area contributed by atoms with Gasteiger partial charge in [0.2, 0.25) is 0 Å². The van der Waals surface area contributed by atoms with Gasteiger partial charge in [-0.2, -0.15) is 0 Å². The lowest BCUT2D eigenvalue weighted by Crippen LogP contribution is -2.32. The maximum absolute atomic E-state index is 14.0. The van der Waals surface area contributed by atoms with Gasteiger partial charge >= 0.3 is 0 Å². The number of halogens is 2. The van der Waals surface area contributed by atoms with Crippen LogP contribution in [0.25, 0.3) is 0 Å². The average Bonchev–Trinajstić information content (AvgIpc) is 3.04. The zero-order chi connectivity index (χ0) is 22.2. The number of hydrogen-bond donors (Lipinski definition) is 2. The quantitative estimate of drug-likeness (QED) is 0.249. The number of aromatic nitrogens is 1. The van der Waals surface area contributed by atoms with Crippen LogP contribution in [0, 0.1) is 12.7 Å². The highest BCUT2D eigenvalue weighted by molar-refractivity contribution is 14.0. The number of fused-ring (bicyclic) bond motifs is 1. The number of hydrogen-bond acceptors (Lipinski definition) is 4. The second kappa shape index (κ2) is 12.4. The van der Waals surface area contributed by atoms with E-state index in [2.05, 4.69) is 20.6 Å². The highest BCUT2D eigenvalue weighted by Gasteiger charge is 2.12. The van der Waals surface area contributed by atoms with Gasteiger partial charge in [0.05, 0.1) is 25.5 Å². The van der Waals surface area contributed by atoms with E-state index in [0.717, 1.165) is 29.2 Å². The van der Waals surface area contributed by atoms with Crippen molar-refractivity contribution >= 4 is 35.6 Å². The average molecular weight is 562 g/mol. The molecule has 2 aromatic carbocycles. The number of benzene rings is 2. The summed E-state index contributed by atoms with van der Waals surface area (Å²) in [5.41, 5.74) is 3.31. The molecule has 0 atom stereocenters. The Morgan fingerprint density at radius 3 is 2.67 bits per heavy atom. The van der Waals surface area contributed by atoms with E-state index in [1.165, 1.54) is 6.07 Å². The summed E-state index contributed by atoms with van der Waals surface area (Å²) in [6.45, 7) is 4.17. The van der Waals surface area contributed by atoms with Crippen LogP contribution in [-0.2, 0) is 13.0 Å². The minimum Gasteiger partial charge on any atom is -0.490 e. The standard InChI is InChI=1S/C25H27FN4O2.HI/c1-18-6-4-8-21(29-18)17-28-25(27-13-12-19-7-2-3-9-22(19)26)30-20-10-11-23-24(16-20)32-15-5-14-31-23;/h2-4,6-11,16H,5,12-15,17H2,1H3,(H2,27,28,30);1H. The summed E-state index contributed by atoms with van der Waals surface area (Å²) in [7, 11) is 0. The van der Waals surface area contributed by atoms with E-state index in [1.54, 1.807) is 12.1 Å². The van der Waals surface area contributed by atoms with Gasteiger partial charge in [-0.15, -0.1) is 24.0 Å². The zero-order valence-corrected chi connectivity index (χ0v) is 20.8. The lowest BCUT2D eigenvalue weighted by atomic mass is 10.1. The Labute approximate surface area is 210 Å². The summed E-state index contributed by atoms with van der Waals surface area (Å²) in [5.74, 6) is 1.83. The Morgan fingerprint density at radius 2 is 1.85 bits per heavy atom. The summed E-state index contributed by atoms with van der Waals surface area (Å²) in [6.07, 6.45) is 1.39. The molecule has 3 aromatic rings. The number of ether oxygens (including phenoxy) is 2. The molecule has 0 saturated heterocycles. The fourth-order valence-corrected chi connectivity index (χ4v) is 3.38. The van der Waals surface area contributed by atoms with Gasteiger partial charge in [0.1, 0.15) is 5.82 Å². The first-order chi connectivity index (χ1) is 15.7. The lowest BCUT2D eigenvalue weighted by Gasteiger charge is -2.15.